The summed E-state index contributed by atoms with van der Waals surface area (Å²) in [5.74, 6) is 0.385. The fourth-order valence-corrected chi connectivity index (χ4v) is 4.88. The molecule has 0 aliphatic carbocycles. The SMILES string of the molecule is Cc1cccc(Oc2nc3c(C)cccn3c(=O)c2C=C(C#N)S(=O)(=O)c2ccc(Br)cc2)c1C. The lowest BCUT2D eigenvalue weighted by Gasteiger charge is -2.14. The molecule has 4 rings (SSSR count). The molecule has 0 unspecified atom stereocenters. The Kier molecular flexibility index (Phi) is 6.61. The first-order chi connectivity index (χ1) is 16.6. The van der Waals surface area contributed by atoms with E-state index in [1.807, 2.05) is 26.0 Å². The molecule has 0 aliphatic rings. The molecular formula is C26H20BrN3O4S. The van der Waals surface area contributed by atoms with Gasteiger partial charge >= 0.3 is 0 Å². The summed E-state index contributed by atoms with van der Waals surface area (Å²) in [7, 11) is -4.20. The lowest BCUT2D eigenvalue weighted by atomic mass is 10.1. The monoisotopic (exact) mass is 549 g/mol. The van der Waals surface area contributed by atoms with Crippen molar-refractivity contribution in [2.45, 2.75) is 25.7 Å². The van der Waals surface area contributed by atoms with E-state index in [0.717, 1.165) is 22.8 Å². The zero-order valence-electron chi connectivity index (χ0n) is 19.1. The number of nitriles is 1. The molecule has 0 bridgehead atoms. The summed E-state index contributed by atoms with van der Waals surface area (Å²) in [6.07, 6.45) is 2.56. The number of nitrogens with zero attached hydrogens (tertiary/aromatic N) is 3. The maximum atomic E-state index is 13.5. The van der Waals surface area contributed by atoms with E-state index >= 15 is 0 Å². The van der Waals surface area contributed by atoms with Gasteiger partial charge in [0.1, 0.15) is 27.9 Å². The highest BCUT2D eigenvalue weighted by atomic mass is 79.9. The van der Waals surface area contributed by atoms with Gasteiger partial charge in [0.2, 0.25) is 15.7 Å². The number of fused-ring (bicyclic) bond motifs is 1. The van der Waals surface area contributed by atoms with Gasteiger partial charge in [-0.2, -0.15) is 10.2 Å². The summed E-state index contributed by atoms with van der Waals surface area (Å²) in [4.78, 5) is 17.4. The Labute approximate surface area is 211 Å². The molecule has 176 valence electrons. The van der Waals surface area contributed by atoms with Crippen LogP contribution in [-0.4, -0.2) is 17.8 Å². The van der Waals surface area contributed by atoms with Crippen molar-refractivity contribution in [2.24, 2.45) is 0 Å². The van der Waals surface area contributed by atoms with E-state index in [-0.39, 0.29) is 16.3 Å². The van der Waals surface area contributed by atoms with Gasteiger partial charge in [-0.15, -0.1) is 0 Å². The third kappa shape index (κ3) is 4.63. The lowest BCUT2D eigenvalue weighted by Crippen LogP contribution is -2.20. The summed E-state index contributed by atoms with van der Waals surface area (Å²) in [6.45, 7) is 5.60. The highest BCUT2D eigenvalue weighted by Crippen LogP contribution is 2.30. The number of sulfone groups is 1. The van der Waals surface area contributed by atoms with Crippen molar-refractivity contribution in [3.05, 3.63) is 103 Å². The fraction of sp³-hybridized carbons (Fsp3) is 0.115. The quantitative estimate of drug-likeness (QED) is 0.304. The van der Waals surface area contributed by atoms with E-state index < -0.39 is 20.3 Å². The van der Waals surface area contributed by atoms with Crippen LogP contribution in [-0.2, 0) is 9.84 Å². The zero-order chi connectivity index (χ0) is 25.3. The Balaban J connectivity index is 1.98. The molecule has 9 heteroatoms. The Bertz CT molecular complexity index is 1700. The molecule has 0 spiro atoms. The molecule has 2 aromatic heterocycles. The number of aryl methyl sites for hydroxylation is 2. The Morgan fingerprint density at radius 1 is 1.06 bits per heavy atom. The van der Waals surface area contributed by atoms with Gasteiger partial charge in [-0.05, 0) is 79.9 Å². The van der Waals surface area contributed by atoms with Gasteiger partial charge in [-0.3, -0.25) is 9.20 Å². The molecule has 0 aliphatic heterocycles. The minimum Gasteiger partial charge on any atom is -0.438 e. The molecule has 0 radical (unpaired) electrons. The molecule has 4 aromatic rings. The van der Waals surface area contributed by atoms with Crippen LogP contribution in [0, 0.1) is 32.1 Å². The molecule has 7 nitrogen and oxygen atoms in total. The van der Waals surface area contributed by atoms with Crippen molar-refractivity contribution in [2.75, 3.05) is 0 Å². The number of allylic oxidation sites excluding steroid dienone is 1. The zero-order valence-corrected chi connectivity index (χ0v) is 21.5. The molecule has 0 N–H and O–H groups in total. The second-order valence-electron chi connectivity index (χ2n) is 7.90. The van der Waals surface area contributed by atoms with Crippen molar-refractivity contribution >= 4 is 37.5 Å². The van der Waals surface area contributed by atoms with Crippen LogP contribution in [0.1, 0.15) is 22.3 Å². The van der Waals surface area contributed by atoms with Gasteiger partial charge in [0.05, 0.1) is 4.90 Å². The molecular weight excluding hydrogens is 530 g/mol. The minimum absolute atomic E-state index is 0.0739. The highest BCUT2D eigenvalue weighted by Gasteiger charge is 2.24. The normalized spacial score (nSPS) is 11.9. The third-order valence-corrected chi connectivity index (χ3v) is 7.82. The fourth-order valence-electron chi connectivity index (χ4n) is 3.47. The van der Waals surface area contributed by atoms with E-state index in [1.165, 1.54) is 22.7 Å². The molecule has 2 aromatic carbocycles. The van der Waals surface area contributed by atoms with Gasteiger partial charge in [-0.25, -0.2) is 8.42 Å². The van der Waals surface area contributed by atoms with Crippen molar-refractivity contribution in [1.82, 2.24) is 9.38 Å². The average Bonchev–Trinajstić information content (AvgIpc) is 2.82. The Morgan fingerprint density at radius 2 is 1.74 bits per heavy atom. The highest BCUT2D eigenvalue weighted by molar-refractivity contribution is 9.10. The maximum absolute atomic E-state index is 13.5. The van der Waals surface area contributed by atoms with Crippen LogP contribution in [0.2, 0.25) is 0 Å². The van der Waals surface area contributed by atoms with Gasteiger partial charge in [0, 0.05) is 10.7 Å². The number of halogens is 1. The minimum atomic E-state index is -4.20. The average molecular weight is 550 g/mol. The van der Waals surface area contributed by atoms with Gasteiger partial charge in [0.15, 0.2) is 0 Å². The van der Waals surface area contributed by atoms with Crippen LogP contribution >= 0.6 is 15.9 Å². The predicted molar refractivity (Wildman–Crippen MR) is 137 cm³/mol. The second kappa shape index (κ2) is 9.49. The number of hydrogen-bond acceptors (Lipinski definition) is 6. The van der Waals surface area contributed by atoms with Crippen molar-refractivity contribution < 1.29 is 13.2 Å². The van der Waals surface area contributed by atoms with Crippen LogP contribution in [0.4, 0.5) is 0 Å². The molecule has 35 heavy (non-hydrogen) atoms. The Hall–Kier alpha value is -3.74. The number of aromatic nitrogens is 2. The molecule has 0 saturated carbocycles. The summed E-state index contributed by atoms with van der Waals surface area (Å²) in [5, 5.41) is 9.77. The lowest BCUT2D eigenvalue weighted by molar-refractivity contribution is 0.457. The number of rotatable bonds is 5. The first-order valence-electron chi connectivity index (χ1n) is 10.5. The van der Waals surface area contributed by atoms with Gasteiger partial charge < -0.3 is 4.74 Å². The van der Waals surface area contributed by atoms with Crippen molar-refractivity contribution in [3.63, 3.8) is 0 Å². The number of pyridine rings is 1. The first kappa shape index (κ1) is 24.4. The number of hydrogen-bond donors (Lipinski definition) is 0. The third-order valence-electron chi connectivity index (χ3n) is 5.61. The van der Waals surface area contributed by atoms with E-state index in [9.17, 15) is 18.5 Å². The maximum Gasteiger partial charge on any atom is 0.269 e. The van der Waals surface area contributed by atoms with E-state index in [2.05, 4.69) is 20.9 Å². The molecule has 0 saturated heterocycles. The summed E-state index contributed by atoms with van der Waals surface area (Å²) >= 11 is 3.27. The number of ether oxygens (including phenoxy) is 1. The van der Waals surface area contributed by atoms with Gasteiger partial charge in [-0.1, -0.05) is 34.1 Å². The van der Waals surface area contributed by atoms with E-state index in [1.54, 1.807) is 43.3 Å². The predicted octanol–water partition coefficient (Wildman–Crippen LogP) is 5.51. The molecule has 0 amide bonds. The van der Waals surface area contributed by atoms with Crippen molar-refractivity contribution in [3.8, 4) is 17.7 Å². The summed E-state index contributed by atoms with van der Waals surface area (Å²) in [6, 6.07) is 16.6. The van der Waals surface area contributed by atoms with Crippen LogP contribution < -0.4 is 10.3 Å². The topological polar surface area (TPSA) is 102 Å². The van der Waals surface area contributed by atoms with Crippen LogP contribution in [0.5, 0.6) is 11.6 Å². The van der Waals surface area contributed by atoms with Crippen LogP contribution in [0.3, 0.4) is 0 Å². The number of benzene rings is 2. The van der Waals surface area contributed by atoms with E-state index in [0.29, 0.717) is 15.9 Å². The molecule has 0 fully saturated rings. The van der Waals surface area contributed by atoms with Gasteiger partial charge in [0.25, 0.3) is 5.56 Å². The van der Waals surface area contributed by atoms with E-state index in [4.69, 9.17) is 4.74 Å². The molecule has 2 heterocycles. The standard InChI is InChI=1S/C26H20BrN3O4S/c1-16-6-4-8-23(18(16)3)34-25-22(26(31)30-13-5-7-17(2)24(30)29-25)14-21(15-28)35(32,33)20-11-9-19(27)10-12-20/h4-14H,1-3H3. The smallest absolute Gasteiger partial charge is 0.269 e. The Morgan fingerprint density at radius 3 is 2.43 bits per heavy atom. The van der Waals surface area contributed by atoms with Crippen LogP contribution in [0.15, 0.2) is 79.9 Å². The first-order valence-corrected chi connectivity index (χ1v) is 12.8. The largest absolute Gasteiger partial charge is 0.438 e. The van der Waals surface area contributed by atoms with Crippen molar-refractivity contribution in [1.29, 1.82) is 5.26 Å². The molecule has 0 atom stereocenters. The second-order valence-corrected chi connectivity index (χ2v) is 10.7. The summed E-state index contributed by atoms with van der Waals surface area (Å²) < 4.78 is 34.5. The van der Waals surface area contributed by atoms with Crippen LogP contribution in [0.25, 0.3) is 11.7 Å². The summed E-state index contributed by atoms with van der Waals surface area (Å²) in [5.41, 5.74) is 2.21.